The molecule has 7 heteroatoms. The first kappa shape index (κ1) is 18.6. The molecule has 0 aliphatic rings. The largest absolute Gasteiger partial charge is 0.392 e. The van der Waals surface area contributed by atoms with E-state index in [1.54, 1.807) is 19.2 Å². The third kappa shape index (κ3) is 4.50. The van der Waals surface area contributed by atoms with Crippen molar-refractivity contribution >= 4 is 26.0 Å². The highest BCUT2D eigenvalue weighted by Crippen LogP contribution is 2.27. The maximum Gasteiger partial charge on any atom is 0.244 e. The van der Waals surface area contributed by atoms with E-state index in [-0.39, 0.29) is 17.5 Å². The Morgan fingerprint density at radius 2 is 2.10 bits per heavy atom. The number of hydrogen-bond donors (Lipinski definition) is 1. The van der Waals surface area contributed by atoms with Gasteiger partial charge in [0, 0.05) is 24.2 Å². The topological polar surface area (TPSA) is 66.8 Å². The summed E-state index contributed by atoms with van der Waals surface area (Å²) in [7, 11) is -2.07. The lowest BCUT2D eigenvalue weighted by Gasteiger charge is -2.28. The minimum atomic E-state index is -3.62. The lowest BCUT2D eigenvalue weighted by Crippen LogP contribution is -2.40. The second-order valence-corrected chi connectivity index (χ2v) is 7.50. The van der Waals surface area contributed by atoms with E-state index < -0.39 is 10.0 Å². The molecule has 0 bridgehead atoms. The van der Waals surface area contributed by atoms with Crippen molar-refractivity contribution in [2.75, 3.05) is 20.3 Å². The van der Waals surface area contributed by atoms with E-state index in [0.717, 1.165) is 6.42 Å². The Morgan fingerprint density at radius 1 is 1.43 bits per heavy atom. The SMILES string of the molecule is CCC(C)N(CCOC)S(=O)(=O)c1ccc(CO)cc1Br. The van der Waals surface area contributed by atoms with Crippen molar-refractivity contribution in [3.63, 3.8) is 0 Å². The van der Waals surface area contributed by atoms with E-state index in [1.807, 2.05) is 13.8 Å². The van der Waals surface area contributed by atoms with Gasteiger partial charge in [-0.1, -0.05) is 13.0 Å². The number of hydrogen-bond acceptors (Lipinski definition) is 4. The molecule has 0 spiro atoms. The fraction of sp³-hybridized carbons (Fsp3) is 0.571. The van der Waals surface area contributed by atoms with Crippen LogP contribution in [0.25, 0.3) is 0 Å². The molecule has 0 radical (unpaired) electrons. The van der Waals surface area contributed by atoms with Gasteiger partial charge < -0.3 is 9.84 Å². The van der Waals surface area contributed by atoms with Crippen LogP contribution in [0.5, 0.6) is 0 Å². The van der Waals surface area contributed by atoms with Crippen LogP contribution < -0.4 is 0 Å². The van der Waals surface area contributed by atoms with E-state index >= 15 is 0 Å². The molecule has 1 unspecified atom stereocenters. The Labute approximate surface area is 135 Å². The third-order valence-corrected chi connectivity index (χ3v) is 6.35. The van der Waals surface area contributed by atoms with Gasteiger partial charge in [-0.3, -0.25) is 0 Å². The van der Waals surface area contributed by atoms with Crippen LogP contribution in [0.2, 0.25) is 0 Å². The van der Waals surface area contributed by atoms with Gasteiger partial charge in [0.1, 0.15) is 0 Å². The van der Waals surface area contributed by atoms with E-state index in [4.69, 9.17) is 9.84 Å². The fourth-order valence-electron chi connectivity index (χ4n) is 1.94. The highest BCUT2D eigenvalue weighted by Gasteiger charge is 2.29. The lowest BCUT2D eigenvalue weighted by atomic mass is 10.2. The molecule has 120 valence electrons. The van der Waals surface area contributed by atoms with Crippen molar-refractivity contribution in [1.82, 2.24) is 4.31 Å². The van der Waals surface area contributed by atoms with Crippen LogP contribution in [0, 0.1) is 0 Å². The predicted octanol–water partition coefficient (Wildman–Crippen LogP) is 2.38. The second-order valence-electron chi connectivity index (χ2n) is 4.79. The van der Waals surface area contributed by atoms with Crippen LogP contribution in [0.1, 0.15) is 25.8 Å². The number of ether oxygens (including phenoxy) is 1. The molecule has 21 heavy (non-hydrogen) atoms. The summed E-state index contributed by atoms with van der Waals surface area (Å²) >= 11 is 3.28. The molecular formula is C14H22BrNO4S. The first-order valence-electron chi connectivity index (χ1n) is 6.78. The molecule has 1 aromatic rings. The van der Waals surface area contributed by atoms with Gasteiger partial charge in [0.15, 0.2) is 0 Å². The molecular weight excluding hydrogens is 358 g/mol. The lowest BCUT2D eigenvalue weighted by molar-refractivity contribution is 0.167. The first-order chi connectivity index (χ1) is 9.88. The van der Waals surface area contributed by atoms with Crippen LogP contribution >= 0.6 is 15.9 Å². The van der Waals surface area contributed by atoms with E-state index in [0.29, 0.717) is 23.2 Å². The molecule has 1 atom stereocenters. The summed E-state index contributed by atoms with van der Waals surface area (Å²) in [5.41, 5.74) is 0.660. The van der Waals surface area contributed by atoms with Crippen LogP contribution in [-0.2, 0) is 21.4 Å². The summed E-state index contributed by atoms with van der Waals surface area (Å²) in [6.45, 7) is 4.35. The van der Waals surface area contributed by atoms with Gasteiger partial charge in [0.2, 0.25) is 10.0 Å². The number of aliphatic hydroxyl groups is 1. The summed E-state index contributed by atoms with van der Waals surface area (Å²) in [6.07, 6.45) is 0.718. The molecule has 0 saturated carbocycles. The standard InChI is InChI=1S/C14H22BrNO4S/c1-4-11(2)16(7-8-20-3)21(18,19)14-6-5-12(10-17)9-13(14)15/h5-6,9,11,17H,4,7-8,10H2,1-3H3. The van der Waals surface area contributed by atoms with Crippen LogP contribution in [0.3, 0.4) is 0 Å². The Bertz CT molecular complexity index is 562. The molecule has 0 fully saturated rings. The number of nitrogens with zero attached hydrogens (tertiary/aromatic N) is 1. The molecule has 0 amide bonds. The molecule has 5 nitrogen and oxygen atoms in total. The van der Waals surface area contributed by atoms with Crippen molar-refractivity contribution in [2.24, 2.45) is 0 Å². The second kappa shape index (κ2) is 8.24. The number of benzene rings is 1. The van der Waals surface area contributed by atoms with Crippen LogP contribution in [0.4, 0.5) is 0 Å². The maximum atomic E-state index is 12.8. The minimum absolute atomic E-state index is 0.116. The van der Waals surface area contributed by atoms with Gasteiger partial charge in [0.05, 0.1) is 18.1 Å². The number of rotatable bonds is 8. The zero-order valence-electron chi connectivity index (χ0n) is 12.5. The highest BCUT2D eigenvalue weighted by atomic mass is 79.9. The summed E-state index contributed by atoms with van der Waals surface area (Å²) in [6, 6.07) is 4.64. The van der Waals surface area contributed by atoms with E-state index in [1.165, 1.54) is 10.4 Å². The van der Waals surface area contributed by atoms with Crippen molar-refractivity contribution in [3.8, 4) is 0 Å². The minimum Gasteiger partial charge on any atom is -0.392 e. The Morgan fingerprint density at radius 3 is 2.57 bits per heavy atom. The number of halogens is 1. The van der Waals surface area contributed by atoms with Crippen LogP contribution in [0.15, 0.2) is 27.6 Å². The monoisotopic (exact) mass is 379 g/mol. The van der Waals surface area contributed by atoms with Crippen molar-refractivity contribution in [2.45, 2.75) is 37.8 Å². The molecule has 1 N–H and O–H groups in total. The first-order valence-corrected chi connectivity index (χ1v) is 9.01. The summed E-state index contributed by atoms with van der Waals surface area (Å²) in [5, 5.41) is 9.11. The summed E-state index contributed by atoms with van der Waals surface area (Å²) in [5.74, 6) is 0. The normalized spacial score (nSPS) is 13.6. The zero-order valence-corrected chi connectivity index (χ0v) is 14.9. The van der Waals surface area contributed by atoms with Gasteiger partial charge in [0.25, 0.3) is 0 Å². The average molecular weight is 380 g/mol. The van der Waals surface area contributed by atoms with Crippen molar-refractivity contribution in [1.29, 1.82) is 0 Å². The number of methoxy groups -OCH3 is 1. The molecule has 1 aromatic carbocycles. The molecule has 0 saturated heterocycles. The predicted molar refractivity (Wildman–Crippen MR) is 85.6 cm³/mol. The van der Waals surface area contributed by atoms with Crippen LogP contribution in [-0.4, -0.2) is 44.1 Å². The van der Waals surface area contributed by atoms with Gasteiger partial charge in [-0.2, -0.15) is 4.31 Å². The highest BCUT2D eigenvalue weighted by molar-refractivity contribution is 9.10. The van der Waals surface area contributed by atoms with Gasteiger partial charge in [-0.05, 0) is 47.0 Å². The van der Waals surface area contributed by atoms with Gasteiger partial charge in [-0.25, -0.2) is 8.42 Å². The molecule has 0 aliphatic carbocycles. The van der Waals surface area contributed by atoms with Gasteiger partial charge in [-0.15, -0.1) is 0 Å². The fourth-order valence-corrected chi connectivity index (χ4v) is 4.72. The quantitative estimate of drug-likeness (QED) is 0.752. The van der Waals surface area contributed by atoms with Gasteiger partial charge >= 0.3 is 0 Å². The third-order valence-electron chi connectivity index (χ3n) is 3.36. The Kier molecular flexibility index (Phi) is 7.29. The Balaban J connectivity index is 3.21. The maximum absolute atomic E-state index is 12.8. The van der Waals surface area contributed by atoms with E-state index in [2.05, 4.69) is 15.9 Å². The number of aliphatic hydroxyl groups excluding tert-OH is 1. The van der Waals surface area contributed by atoms with E-state index in [9.17, 15) is 8.42 Å². The zero-order chi connectivity index (χ0) is 16.0. The molecule has 0 aliphatic heterocycles. The average Bonchev–Trinajstić information content (AvgIpc) is 2.46. The summed E-state index contributed by atoms with van der Waals surface area (Å²) in [4.78, 5) is 0.205. The van der Waals surface area contributed by atoms with Crippen molar-refractivity contribution in [3.05, 3.63) is 28.2 Å². The summed E-state index contributed by atoms with van der Waals surface area (Å²) < 4.78 is 32.6. The Hall–Kier alpha value is -0.470. The van der Waals surface area contributed by atoms with Crippen molar-refractivity contribution < 1.29 is 18.3 Å². The molecule has 1 rings (SSSR count). The molecule has 0 heterocycles. The molecule has 0 aromatic heterocycles. The number of sulfonamides is 1. The smallest absolute Gasteiger partial charge is 0.244 e.